The SMILES string of the molecule is Cc1cccc2nc(C(=O)O[C@H](C)C(=O)Nc3ccc(F)c(Cl)c3)cn12. The minimum absolute atomic E-state index is 0.101. The number of imidazole rings is 1. The molecule has 6 nitrogen and oxygen atoms in total. The van der Waals surface area contributed by atoms with E-state index in [-0.39, 0.29) is 10.7 Å². The van der Waals surface area contributed by atoms with Gasteiger partial charge in [0.15, 0.2) is 11.8 Å². The number of carbonyl (C=O) groups excluding carboxylic acids is 2. The topological polar surface area (TPSA) is 72.7 Å². The molecule has 2 aromatic heterocycles. The minimum Gasteiger partial charge on any atom is -0.448 e. The third-order valence-electron chi connectivity index (χ3n) is 3.75. The molecule has 0 aliphatic rings. The first-order chi connectivity index (χ1) is 12.3. The molecule has 0 saturated heterocycles. The molecule has 134 valence electrons. The number of carbonyl (C=O) groups is 2. The lowest BCUT2D eigenvalue weighted by atomic mass is 10.3. The summed E-state index contributed by atoms with van der Waals surface area (Å²) in [6.45, 7) is 3.31. The fourth-order valence-corrected chi connectivity index (χ4v) is 2.52. The Hall–Kier alpha value is -2.93. The largest absolute Gasteiger partial charge is 0.448 e. The average molecular weight is 376 g/mol. The first kappa shape index (κ1) is 17.9. The number of aromatic nitrogens is 2. The molecule has 26 heavy (non-hydrogen) atoms. The number of halogens is 2. The maximum Gasteiger partial charge on any atom is 0.359 e. The molecule has 0 aliphatic heterocycles. The van der Waals surface area contributed by atoms with Crippen molar-refractivity contribution in [3.63, 3.8) is 0 Å². The van der Waals surface area contributed by atoms with Crippen LogP contribution in [0.3, 0.4) is 0 Å². The van der Waals surface area contributed by atoms with Crippen molar-refractivity contribution in [2.45, 2.75) is 20.0 Å². The molecule has 0 fully saturated rings. The number of amides is 1. The molecule has 0 bridgehead atoms. The predicted molar refractivity (Wildman–Crippen MR) is 94.8 cm³/mol. The number of esters is 1. The monoisotopic (exact) mass is 375 g/mol. The molecule has 0 aliphatic carbocycles. The second-order valence-electron chi connectivity index (χ2n) is 5.69. The van der Waals surface area contributed by atoms with Crippen molar-refractivity contribution in [3.8, 4) is 0 Å². The Morgan fingerprint density at radius 1 is 1.31 bits per heavy atom. The van der Waals surface area contributed by atoms with Crippen molar-refractivity contribution >= 4 is 34.8 Å². The van der Waals surface area contributed by atoms with Gasteiger partial charge in [-0.2, -0.15) is 0 Å². The standard InChI is InChI=1S/C18H15ClFN3O3/c1-10-4-3-5-16-22-15(9-23(10)16)18(25)26-11(2)17(24)21-12-6-7-14(20)13(19)8-12/h3-9,11H,1-2H3,(H,21,24)/t11-/m1/s1. The highest BCUT2D eigenvalue weighted by Gasteiger charge is 2.21. The van der Waals surface area contributed by atoms with Crippen LogP contribution in [0.15, 0.2) is 42.6 Å². The average Bonchev–Trinajstić information content (AvgIpc) is 3.04. The van der Waals surface area contributed by atoms with E-state index in [0.717, 1.165) is 11.8 Å². The molecular formula is C18H15ClFN3O3. The summed E-state index contributed by atoms with van der Waals surface area (Å²) in [6.07, 6.45) is 0.481. The van der Waals surface area contributed by atoms with E-state index in [1.165, 1.54) is 19.1 Å². The van der Waals surface area contributed by atoms with E-state index in [4.69, 9.17) is 16.3 Å². The van der Waals surface area contributed by atoms with Crippen molar-refractivity contribution in [2.24, 2.45) is 0 Å². The van der Waals surface area contributed by atoms with Gasteiger partial charge in [0.1, 0.15) is 11.5 Å². The van der Waals surface area contributed by atoms with Crippen molar-refractivity contribution in [2.75, 3.05) is 5.32 Å². The van der Waals surface area contributed by atoms with E-state index in [1.54, 1.807) is 16.7 Å². The quantitative estimate of drug-likeness (QED) is 0.707. The van der Waals surface area contributed by atoms with Crippen LogP contribution in [0, 0.1) is 12.7 Å². The molecular weight excluding hydrogens is 361 g/mol. The maximum atomic E-state index is 13.1. The number of hydrogen-bond donors (Lipinski definition) is 1. The molecule has 0 spiro atoms. The van der Waals surface area contributed by atoms with Gasteiger partial charge < -0.3 is 14.5 Å². The van der Waals surface area contributed by atoms with Gasteiger partial charge in [0.25, 0.3) is 5.91 Å². The van der Waals surface area contributed by atoms with Crippen molar-refractivity contribution in [1.82, 2.24) is 9.38 Å². The van der Waals surface area contributed by atoms with E-state index in [2.05, 4.69) is 10.3 Å². The van der Waals surface area contributed by atoms with Crippen LogP contribution < -0.4 is 5.32 Å². The molecule has 1 N–H and O–H groups in total. The smallest absolute Gasteiger partial charge is 0.359 e. The predicted octanol–water partition coefficient (Wildman–Crippen LogP) is 3.62. The normalized spacial score (nSPS) is 12.0. The van der Waals surface area contributed by atoms with Crippen LogP contribution in [0.1, 0.15) is 23.1 Å². The Morgan fingerprint density at radius 2 is 2.08 bits per heavy atom. The highest BCUT2D eigenvalue weighted by atomic mass is 35.5. The number of hydrogen-bond acceptors (Lipinski definition) is 4. The molecule has 3 aromatic rings. The fraction of sp³-hybridized carbons (Fsp3) is 0.167. The van der Waals surface area contributed by atoms with Gasteiger partial charge >= 0.3 is 5.97 Å². The number of ether oxygens (including phenoxy) is 1. The Bertz CT molecular complexity index is 1000. The van der Waals surface area contributed by atoms with E-state index >= 15 is 0 Å². The second-order valence-corrected chi connectivity index (χ2v) is 6.09. The Morgan fingerprint density at radius 3 is 2.77 bits per heavy atom. The van der Waals surface area contributed by atoms with Gasteiger partial charge in [0.2, 0.25) is 0 Å². The Kier molecular flexibility index (Phi) is 4.90. The fourth-order valence-electron chi connectivity index (χ4n) is 2.34. The maximum absolute atomic E-state index is 13.1. The zero-order valence-corrected chi connectivity index (χ0v) is 14.7. The summed E-state index contributed by atoms with van der Waals surface area (Å²) in [5.74, 6) is -1.87. The molecule has 1 amide bonds. The molecule has 8 heteroatoms. The summed E-state index contributed by atoms with van der Waals surface area (Å²) in [4.78, 5) is 28.6. The molecule has 0 unspecified atom stereocenters. The van der Waals surface area contributed by atoms with Crippen LogP contribution in [0.25, 0.3) is 5.65 Å². The number of fused-ring (bicyclic) bond motifs is 1. The van der Waals surface area contributed by atoms with E-state index in [1.807, 2.05) is 19.1 Å². The number of benzene rings is 1. The summed E-state index contributed by atoms with van der Waals surface area (Å²) >= 11 is 5.67. The van der Waals surface area contributed by atoms with E-state index < -0.39 is 23.8 Å². The van der Waals surface area contributed by atoms with Crippen molar-refractivity contribution < 1.29 is 18.7 Å². The number of nitrogens with one attached hydrogen (secondary N) is 1. The van der Waals surface area contributed by atoms with Crippen LogP contribution in [0.5, 0.6) is 0 Å². The third kappa shape index (κ3) is 3.67. The van der Waals surface area contributed by atoms with Gasteiger partial charge in [-0.1, -0.05) is 17.7 Å². The van der Waals surface area contributed by atoms with Crippen LogP contribution in [-0.2, 0) is 9.53 Å². The van der Waals surface area contributed by atoms with Gasteiger partial charge in [-0.25, -0.2) is 14.2 Å². The van der Waals surface area contributed by atoms with Crippen LogP contribution in [0.2, 0.25) is 5.02 Å². The summed E-state index contributed by atoms with van der Waals surface area (Å²) in [6, 6.07) is 9.24. The van der Waals surface area contributed by atoms with Gasteiger partial charge in [-0.05, 0) is 44.2 Å². The lowest BCUT2D eigenvalue weighted by Crippen LogP contribution is -2.30. The zero-order chi connectivity index (χ0) is 18.8. The molecule has 2 heterocycles. The second kappa shape index (κ2) is 7.13. The lowest BCUT2D eigenvalue weighted by Gasteiger charge is -2.13. The number of nitrogens with zero attached hydrogens (tertiary/aromatic N) is 2. The first-order valence-electron chi connectivity index (χ1n) is 7.77. The molecule has 3 rings (SSSR count). The van der Waals surface area contributed by atoms with Crippen LogP contribution in [-0.4, -0.2) is 27.4 Å². The van der Waals surface area contributed by atoms with E-state index in [9.17, 15) is 14.0 Å². The summed E-state index contributed by atoms with van der Waals surface area (Å²) < 4.78 is 20.1. The van der Waals surface area contributed by atoms with Crippen molar-refractivity contribution in [1.29, 1.82) is 0 Å². The molecule has 1 aromatic carbocycles. The highest BCUT2D eigenvalue weighted by molar-refractivity contribution is 6.31. The summed E-state index contributed by atoms with van der Waals surface area (Å²) in [5, 5.41) is 2.39. The minimum atomic E-state index is -1.07. The number of pyridine rings is 1. The Balaban J connectivity index is 1.68. The highest BCUT2D eigenvalue weighted by Crippen LogP contribution is 2.19. The molecule has 0 saturated carbocycles. The van der Waals surface area contributed by atoms with Crippen LogP contribution in [0.4, 0.5) is 10.1 Å². The van der Waals surface area contributed by atoms with E-state index in [0.29, 0.717) is 11.3 Å². The third-order valence-corrected chi connectivity index (χ3v) is 4.03. The molecule has 0 radical (unpaired) electrons. The van der Waals surface area contributed by atoms with Crippen LogP contribution >= 0.6 is 11.6 Å². The number of aryl methyl sites for hydroxylation is 1. The number of anilines is 1. The lowest BCUT2D eigenvalue weighted by molar-refractivity contribution is -0.123. The zero-order valence-electron chi connectivity index (χ0n) is 14.0. The first-order valence-corrected chi connectivity index (χ1v) is 8.14. The Labute approximate surface area is 153 Å². The summed E-state index contributed by atoms with van der Waals surface area (Å²) in [7, 11) is 0. The van der Waals surface area contributed by atoms with Gasteiger partial charge in [0.05, 0.1) is 5.02 Å². The van der Waals surface area contributed by atoms with Gasteiger partial charge in [0, 0.05) is 17.6 Å². The molecule has 1 atom stereocenters. The van der Waals surface area contributed by atoms with Crippen molar-refractivity contribution in [3.05, 3.63) is 64.8 Å². The summed E-state index contributed by atoms with van der Waals surface area (Å²) in [5.41, 5.74) is 1.92. The number of rotatable bonds is 4. The van der Waals surface area contributed by atoms with Gasteiger partial charge in [-0.15, -0.1) is 0 Å². The van der Waals surface area contributed by atoms with Gasteiger partial charge in [-0.3, -0.25) is 4.79 Å².